The summed E-state index contributed by atoms with van der Waals surface area (Å²) in [7, 11) is 0. The zero-order valence-corrected chi connectivity index (χ0v) is 36.7. The number of unbranched alkanes of at least 4 members (excludes halogenated alkanes) is 1. The Bertz CT molecular complexity index is 2490. The van der Waals surface area contributed by atoms with Crippen molar-refractivity contribution in [2.75, 3.05) is 0 Å². The number of fused-ring (bicyclic) bond motifs is 6. The van der Waals surface area contributed by atoms with E-state index < -0.39 is 64.3 Å². The van der Waals surface area contributed by atoms with Gasteiger partial charge in [-0.15, -0.1) is 26.3 Å². The number of alkyl halides is 6. The zero-order chi connectivity index (χ0) is 47.0. The Morgan fingerprint density at radius 3 is 1.49 bits per heavy atom. The predicted octanol–water partition coefficient (Wildman–Crippen LogP) is 12.9. The summed E-state index contributed by atoms with van der Waals surface area (Å²) in [6.07, 6.45) is 3.27. The molecule has 0 unspecified atom stereocenters. The van der Waals surface area contributed by atoms with Crippen molar-refractivity contribution >= 4 is 49.7 Å². The maximum absolute atomic E-state index is 15.3. The van der Waals surface area contributed by atoms with Crippen LogP contribution in [0.25, 0.3) is 43.9 Å². The Kier molecular flexibility index (Phi) is 18.7. The first-order valence-electron chi connectivity index (χ1n) is 21.4. The molecule has 8 rings (SSSR count). The van der Waals surface area contributed by atoms with E-state index in [0.717, 1.165) is 81.9 Å². The van der Waals surface area contributed by atoms with Crippen LogP contribution in [0.3, 0.4) is 0 Å². The minimum absolute atomic E-state index is 0. The summed E-state index contributed by atoms with van der Waals surface area (Å²) in [5, 5.41) is 11.9. The van der Waals surface area contributed by atoms with Gasteiger partial charge < -0.3 is 30.3 Å². The third kappa shape index (κ3) is 13.4. The summed E-state index contributed by atoms with van der Waals surface area (Å²) in [6, 6.07) is 11.0. The number of ketones is 1. The van der Waals surface area contributed by atoms with Crippen LogP contribution in [0.5, 0.6) is 11.5 Å². The Hall–Kier alpha value is -4.39. The van der Waals surface area contributed by atoms with Crippen molar-refractivity contribution in [1.82, 2.24) is 0 Å². The fraction of sp³-hybridized carbons (Fsp3) is 0.458. The van der Waals surface area contributed by atoms with Gasteiger partial charge in [-0.3, -0.25) is 4.79 Å². The van der Waals surface area contributed by atoms with E-state index in [-0.39, 0.29) is 57.1 Å². The van der Waals surface area contributed by atoms with Crippen molar-refractivity contribution in [3.8, 4) is 11.5 Å². The van der Waals surface area contributed by atoms with E-state index in [2.05, 4.69) is 37.2 Å². The van der Waals surface area contributed by atoms with Crippen LogP contribution in [0.15, 0.2) is 63.4 Å². The Morgan fingerprint density at radius 1 is 0.631 bits per heavy atom. The van der Waals surface area contributed by atoms with Gasteiger partial charge in [0.15, 0.2) is 45.5 Å². The minimum atomic E-state index is -5.07. The minimum Gasteiger partial charge on any atom is -0.450 e. The van der Waals surface area contributed by atoms with Crippen LogP contribution >= 0.6 is 0 Å². The number of benzene rings is 4. The van der Waals surface area contributed by atoms with Crippen LogP contribution in [-0.4, -0.2) is 23.6 Å². The van der Waals surface area contributed by atoms with Gasteiger partial charge in [0.05, 0.1) is 5.60 Å². The van der Waals surface area contributed by atoms with Gasteiger partial charge in [0.25, 0.3) is 0 Å². The number of ether oxygens (including phenoxy) is 2. The second-order valence-corrected chi connectivity index (χ2v) is 16.1. The van der Waals surface area contributed by atoms with Crippen molar-refractivity contribution in [2.24, 2.45) is 11.8 Å². The molecular weight excluding hydrogens is 869 g/mol. The molecule has 65 heavy (non-hydrogen) atoms. The van der Waals surface area contributed by atoms with Crippen molar-refractivity contribution in [2.45, 2.75) is 129 Å². The summed E-state index contributed by atoms with van der Waals surface area (Å²) < 4.78 is 148. The summed E-state index contributed by atoms with van der Waals surface area (Å²) in [5.74, 6) is -4.47. The van der Waals surface area contributed by atoms with Crippen molar-refractivity contribution < 1.29 is 91.0 Å². The number of rotatable bonds is 8. The van der Waals surface area contributed by atoms with Crippen molar-refractivity contribution in [3.05, 3.63) is 90.4 Å². The third-order valence-electron chi connectivity index (χ3n) is 11.5. The molecule has 2 aromatic heterocycles. The summed E-state index contributed by atoms with van der Waals surface area (Å²) in [5.41, 5.74) is -2.81. The molecule has 0 radical (unpaired) electrons. The van der Waals surface area contributed by atoms with Crippen LogP contribution in [0.2, 0.25) is 0 Å². The standard InChI is InChI=1S/C22H21F5O3.C13H5F5O2.C9H16O.C4H9.Li/c1-2-3-12-8-10-21(28,11-9-12)15-6-4-13-14-5-7-16(30-22(25,26)27)18(24)20(14)29-19(13)17(15)23;14-8-3-1-2-6-7-4-5-9(20-13(16,17)18)10(15)12(7)19-11(6)8;1-2-3-8-4-6-9(10)7-5-8;1-3-4-2;/h4-7,12,28H,2-3,8-11H2,1H3;1-5H;8H,2-7H2,1H3;1,3-4H2,2H3;/q;;;-1;+1. The summed E-state index contributed by atoms with van der Waals surface area (Å²) in [6.45, 7) is 10.0. The maximum atomic E-state index is 15.3. The molecule has 6 nitrogen and oxygen atoms in total. The average molecular weight is 921 g/mol. The molecule has 2 aliphatic rings. The molecule has 2 fully saturated rings. The molecule has 0 amide bonds. The number of Topliss-reactive ketones (excluding diaryl/α,β-unsaturated/α-hetero) is 1. The van der Waals surface area contributed by atoms with Gasteiger partial charge in [0.1, 0.15) is 5.78 Å². The van der Waals surface area contributed by atoms with Gasteiger partial charge in [-0.2, -0.15) is 15.2 Å². The second kappa shape index (κ2) is 22.9. The molecule has 2 saturated carbocycles. The van der Waals surface area contributed by atoms with E-state index in [4.69, 9.17) is 8.83 Å². The third-order valence-corrected chi connectivity index (χ3v) is 11.5. The molecule has 2 heterocycles. The Morgan fingerprint density at radius 2 is 1.05 bits per heavy atom. The monoisotopic (exact) mass is 920 g/mol. The number of hydrogen-bond donors (Lipinski definition) is 1. The van der Waals surface area contributed by atoms with Crippen LogP contribution in [0, 0.1) is 42.0 Å². The van der Waals surface area contributed by atoms with Crippen LogP contribution in [-0.2, 0) is 10.4 Å². The molecule has 0 saturated heterocycles. The number of furan rings is 2. The van der Waals surface area contributed by atoms with E-state index in [9.17, 15) is 49.4 Å². The van der Waals surface area contributed by atoms with Gasteiger partial charge >= 0.3 is 31.6 Å². The summed E-state index contributed by atoms with van der Waals surface area (Å²) in [4.78, 5) is 10.8. The predicted molar refractivity (Wildman–Crippen MR) is 224 cm³/mol. The van der Waals surface area contributed by atoms with E-state index in [1.165, 1.54) is 55.7 Å². The fourth-order valence-electron chi connectivity index (χ4n) is 8.18. The van der Waals surface area contributed by atoms with Gasteiger partial charge in [0, 0.05) is 39.9 Å². The molecular formula is C48H51F10LiO6. The van der Waals surface area contributed by atoms with Crippen molar-refractivity contribution in [1.29, 1.82) is 0 Å². The zero-order valence-electron chi connectivity index (χ0n) is 36.7. The van der Waals surface area contributed by atoms with E-state index in [0.29, 0.717) is 24.5 Å². The Labute approximate surface area is 382 Å². The van der Waals surface area contributed by atoms with Gasteiger partial charge in [0.2, 0.25) is 11.6 Å². The first kappa shape index (κ1) is 53.2. The number of halogens is 10. The largest absolute Gasteiger partial charge is 1.00 e. The normalized spacial score (nSPS) is 18.0. The molecule has 0 aliphatic heterocycles. The van der Waals surface area contributed by atoms with Gasteiger partial charge in [-0.05, 0) is 86.8 Å². The van der Waals surface area contributed by atoms with E-state index in [1.807, 2.05) is 0 Å². The number of carbonyl (C=O) groups is 1. The molecule has 6 aromatic rings. The molecule has 0 bridgehead atoms. The first-order chi connectivity index (χ1) is 30.2. The fourth-order valence-corrected chi connectivity index (χ4v) is 8.18. The average Bonchev–Trinajstić information content (AvgIpc) is 3.83. The molecule has 350 valence electrons. The van der Waals surface area contributed by atoms with E-state index in [1.54, 1.807) is 0 Å². The Balaban J connectivity index is 0.000000226. The van der Waals surface area contributed by atoms with Crippen LogP contribution in [0.4, 0.5) is 43.9 Å². The molecule has 4 aromatic carbocycles. The number of aliphatic hydroxyl groups is 1. The van der Waals surface area contributed by atoms with E-state index >= 15 is 4.39 Å². The quantitative estimate of drug-likeness (QED) is 0.0930. The summed E-state index contributed by atoms with van der Waals surface area (Å²) >= 11 is 0. The number of para-hydroxylation sites is 1. The van der Waals surface area contributed by atoms with Gasteiger partial charge in [-0.25, -0.2) is 8.78 Å². The molecule has 1 N–H and O–H groups in total. The van der Waals surface area contributed by atoms with Crippen LogP contribution < -0.4 is 28.3 Å². The number of hydrogen-bond acceptors (Lipinski definition) is 6. The van der Waals surface area contributed by atoms with Crippen molar-refractivity contribution in [3.63, 3.8) is 0 Å². The second-order valence-electron chi connectivity index (χ2n) is 16.1. The topological polar surface area (TPSA) is 82.0 Å². The molecule has 2 aliphatic carbocycles. The molecule has 0 atom stereocenters. The smallest absolute Gasteiger partial charge is 0.450 e. The van der Waals surface area contributed by atoms with Crippen LogP contribution in [0.1, 0.15) is 116 Å². The SMILES string of the molecule is CCCC1CCC(=O)CC1.CCCC1CCC(O)(c2ccc3c(oc4c(F)c(OC(F)(F)F)ccc43)c2F)CC1.Fc1cccc2c1oc1c(F)c(OC(F)(F)F)ccc12.[CH2-]CCC.[Li+]. The molecule has 17 heteroatoms. The number of carbonyl (C=O) groups excluding carboxylic acids is 1. The van der Waals surface area contributed by atoms with Gasteiger partial charge in [-0.1, -0.05) is 71.1 Å². The maximum Gasteiger partial charge on any atom is 1.00 e. The molecule has 0 spiro atoms. The first-order valence-corrected chi connectivity index (χ1v) is 21.4.